The van der Waals surface area contributed by atoms with Crippen molar-refractivity contribution in [2.75, 3.05) is 26.4 Å². The first kappa shape index (κ1) is 63.2. The van der Waals surface area contributed by atoms with Gasteiger partial charge >= 0.3 is 19.8 Å². The third-order valence-electron chi connectivity index (χ3n) is 11.8. The average molecular weight is 941 g/mol. The average Bonchev–Trinajstić information content (AvgIpc) is 3.30. The zero-order valence-corrected chi connectivity index (χ0v) is 42.9. The van der Waals surface area contributed by atoms with E-state index in [1.54, 1.807) is 0 Å². The summed E-state index contributed by atoms with van der Waals surface area (Å²) in [5, 5.41) is 19.3. The highest BCUT2D eigenvalue weighted by Crippen LogP contribution is 2.43. The number of aliphatic hydroxyl groups excluding tert-OH is 2. The molecule has 11 heteroatoms. The summed E-state index contributed by atoms with van der Waals surface area (Å²) in [6, 6.07) is 0. The van der Waals surface area contributed by atoms with Gasteiger partial charge in [0.1, 0.15) is 12.2 Å². The molecule has 382 valence electrons. The van der Waals surface area contributed by atoms with Crippen molar-refractivity contribution in [3.05, 3.63) is 36.5 Å². The van der Waals surface area contributed by atoms with E-state index in [2.05, 4.69) is 50.3 Å². The third kappa shape index (κ3) is 48.5. The number of carbonyl (C=O) groups is 2. The number of esters is 2. The molecule has 0 aliphatic carbocycles. The lowest BCUT2D eigenvalue weighted by Crippen LogP contribution is -2.28. The smallest absolute Gasteiger partial charge is 0.457 e. The standard InChI is InChI=1S/C54H101O10P/c1-3-5-7-9-11-13-15-17-19-21-23-24-25-26-28-30-32-34-36-38-40-42-44-46-54(58)64-52(48-56)50-62-65(59,60)61-49-51(47-55)63-53(57)45-43-41-39-37-35-33-31-29-27-22-20-18-16-14-12-10-8-6-4-2/h12,14,18,20-21,23,51-52,55-56H,3-11,13,15-17,19,22,24-50H2,1-2H3,(H,59,60)/b14-12-,20-18-,23-21-. The van der Waals surface area contributed by atoms with Gasteiger partial charge in [0, 0.05) is 12.8 Å². The van der Waals surface area contributed by atoms with Crippen LogP contribution in [0.15, 0.2) is 36.5 Å². The van der Waals surface area contributed by atoms with Crippen LogP contribution in [-0.2, 0) is 32.7 Å². The lowest BCUT2D eigenvalue weighted by atomic mass is 10.0. The van der Waals surface area contributed by atoms with Crippen LogP contribution in [0.25, 0.3) is 0 Å². The Hall–Kier alpha value is -1.81. The largest absolute Gasteiger partial charge is 0.472 e. The van der Waals surface area contributed by atoms with Gasteiger partial charge in [0.2, 0.25) is 0 Å². The van der Waals surface area contributed by atoms with Crippen LogP contribution in [0.2, 0.25) is 0 Å². The fourth-order valence-corrected chi connectivity index (χ4v) is 8.46. The lowest BCUT2D eigenvalue weighted by Gasteiger charge is -2.20. The van der Waals surface area contributed by atoms with Crippen LogP contribution >= 0.6 is 7.82 Å². The van der Waals surface area contributed by atoms with Gasteiger partial charge in [-0.3, -0.25) is 18.6 Å². The van der Waals surface area contributed by atoms with E-state index in [0.29, 0.717) is 12.8 Å². The van der Waals surface area contributed by atoms with Crippen molar-refractivity contribution in [3.8, 4) is 0 Å². The Morgan fingerprint density at radius 2 is 0.677 bits per heavy atom. The molecule has 3 unspecified atom stereocenters. The van der Waals surface area contributed by atoms with Crippen LogP contribution in [0.4, 0.5) is 0 Å². The van der Waals surface area contributed by atoms with E-state index >= 15 is 0 Å². The second kappa shape index (κ2) is 50.1. The van der Waals surface area contributed by atoms with Crippen LogP contribution in [0.5, 0.6) is 0 Å². The summed E-state index contributed by atoms with van der Waals surface area (Å²) < 4.78 is 32.8. The molecule has 0 fully saturated rings. The number of carbonyl (C=O) groups excluding carboxylic acids is 2. The van der Waals surface area contributed by atoms with Crippen molar-refractivity contribution in [1.29, 1.82) is 0 Å². The Morgan fingerprint density at radius 3 is 1.00 bits per heavy atom. The third-order valence-corrected chi connectivity index (χ3v) is 12.8. The molecule has 0 heterocycles. The second-order valence-corrected chi connectivity index (χ2v) is 19.7. The molecule has 0 saturated heterocycles. The van der Waals surface area contributed by atoms with Gasteiger partial charge in [0.25, 0.3) is 0 Å². The van der Waals surface area contributed by atoms with Crippen molar-refractivity contribution in [2.24, 2.45) is 0 Å². The van der Waals surface area contributed by atoms with Gasteiger partial charge < -0.3 is 24.6 Å². The highest BCUT2D eigenvalue weighted by molar-refractivity contribution is 7.47. The number of phosphoric ester groups is 1. The molecule has 0 spiro atoms. The maximum atomic E-state index is 12.4. The molecule has 0 aliphatic heterocycles. The first-order valence-corrected chi connectivity index (χ1v) is 28.4. The fraction of sp³-hybridized carbons (Fsp3) is 0.852. The number of allylic oxidation sites excluding steroid dienone is 6. The van der Waals surface area contributed by atoms with Crippen LogP contribution in [0.3, 0.4) is 0 Å². The van der Waals surface area contributed by atoms with Gasteiger partial charge in [-0.15, -0.1) is 0 Å². The number of aliphatic hydroxyl groups is 2. The fourth-order valence-electron chi connectivity index (χ4n) is 7.67. The van der Waals surface area contributed by atoms with Crippen molar-refractivity contribution < 1.29 is 47.8 Å². The van der Waals surface area contributed by atoms with E-state index in [9.17, 15) is 29.3 Å². The molecule has 0 saturated carbocycles. The van der Waals surface area contributed by atoms with Crippen molar-refractivity contribution in [3.63, 3.8) is 0 Å². The van der Waals surface area contributed by atoms with E-state index in [1.807, 2.05) is 0 Å². The Morgan fingerprint density at radius 1 is 0.415 bits per heavy atom. The number of rotatable bonds is 51. The van der Waals surface area contributed by atoms with Gasteiger partial charge in [-0.1, -0.05) is 211 Å². The predicted octanol–water partition coefficient (Wildman–Crippen LogP) is 15.5. The molecule has 0 aromatic carbocycles. The number of phosphoric acid groups is 1. The summed E-state index contributed by atoms with van der Waals surface area (Å²) in [5.41, 5.74) is 0. The summed E-state index contributed by atoms with van der Waals surface area (Å²) in [7, 11) is -4.64. The lowest BCUT2D eigenvalue weighted by molar-refractivity contribution is -0.153. The minimum Gasteiger partial charge on any atom is -0.457 e. The summed E-state index contributed by atoms with van der Waals surface area (Å²) >= 11 is 0. The van der Waals surface area contributed by atoms with E-state index < -0.39 is 58.4 Å². The normalized spacial score (nSPS) is 13.9. The zero-order chi connectivity index (χ0) is 47.6. The highest BCUT2D eigenvalue weighted by atomic mass is 31.2. The predicted molar refractivity (Wildman–Crippen MR) is 270 cm³/mol. The van der Waals surface area contributed by atoms with Crippen molar-refractivity contribution in [2.45, 2.75) is 270 Å². The molecule has 3 atom stereocenters. The first-order chi connectivity index (χ1) is 31.8. The molecule has 0 amide bonds. The molecule has 65 heavy (non-hydrogen) atoms. The van der Waals surface area contributed by atoms with Gasteiger partial charge in [-0.05, 0) is 70.6 Å². The van der Waals surface area contributed by atoms with Crippen LogP contribution in [0, 0.1) is 0 Å². The highest BCUT2D eigenvalue weighted by Gasteiger charge is 2.27. The van der Waals surface area contributed by atoms with Gasteiger partial charge in [0.15, 0.2) is 0 Å². The first-order valence-electron chi connectivity index (χ1n) is 26.9. The SMILES string of the molecule is CCCCC/C=C\C/C=C\CCCCCCCCCCCC(=O)OC(CO)COP(=O)(O)OCC(CO)OC(=O)CCCCCCCCCCCCC/C=C\CCCCCCCCCC. The number of hydrogen-bond donors (Lipinski definition) is 3. The van der Waals surface area contributed by atoms with Gasteiger partial charge in [-0.2, -0.15) is 0 Å². The molecular formula is C54H101O10P. The maximum Gasteiger partial charge on any atom is 0.472 e. The second-order valence-electron chi connectivity index (χ2n) is 18.2. The van der Waals surface area contributed by atoms with E-state index in [-0.39, 0.29) is 12.8 Å². The van der Waals surface area contributed by atoms with Crippen LogP contribution in [-0.4, -0.2) is 65.7 Å². The van der Waals surface area contributed by atoms with E-state index in [0.717, 1.165) is 51.4 Å². The number of hydrogen-bond acceptors (Lipinski definition) is 9. The molecular weight excluding hydrogens is 840 g/mol. The molecule has 0 rings (SSSR count). The Labute approximate surface area is 399 Å². The maximum absolute atomic E-state index is 12.4. The molecule has 0 aliphatic rings. The van der Waals surface area contributed by atoms with Crippen molar-refractivity contribution in [1.82, 2.24) is 0 Å². The summed E-state index contributed by atoms with van der Waals surface area (Å²) in [6.07, 6.45) is 55.5. The summed E-state index contributed by atoms with van der Waals surface area (Å²) in [6.45, 7) is 2.22. The Kier molecular flexibility index (Phi) is 48.7. The minimum absolute atomic E-state index is 0.188. The molecule has 0 aromatic heterocycles. The quantitative estimate of drug-likeness (QED) is 0.0233. The molecule has 10 nitrogen and oxygen atoms in total. The zero-order valence-electron chi connectivity index (χ0n) is 42.0. The van der Waals surface area contributed by atoms with Crippen LogP contribution in [0.1, 0.15) is 258 Å². The molecule has 3 N–H and O–H groups in total. The molecule has 0 aromatic rings. The Balaban J connectivity index is 3.80. The van der Waals surface area contributed by atoms with Gasteiger partial charge in [-0.25, -0.2) is 4.57 Å². The van der Waals surface area contributed by atoms with E-state index in [4.69, 9.17) is 18.5 Å². The monoisotopic (exact) mass is 941 g/mol. The Bertz CT molecular complexity index is 1170. The summed E-state index contributed by atoms with van der Waals surface area (Å²) in [4.78, 5) is 34.7. The van der Waals surface area contributed by atoms with Crippen molar-refractivity contribution >= 4 is 19.8 Å². The van der Waals surface area contributed by atoms with E-state index in [1.165, 1.54) is 167 Å². The topological polar surface area (TPSA) is 149 Å². The minimum atomic E-state index is -4.64. The molecule has 0 radical (unpaired) electrons. The number of unbranched alkanes of at least 4 members (excludes halogenated alkanes) is 31. The van der Waals surface area contributed by atoms with Crippen LogP contribution < -0.4 is 0 Å². The van der Waals surface area contributed by atoms with Gasteiger partial charge in [0.05, 0.1) is 26.4 Å². The number of ether oxygens (including phenoxy) is 2. The summed E-state index contributed by atoms with van der Waals surface area (Å²) in [5.74, 6) is -1.01. The molecule has 0 bridgehead atoms.